The topological polar surface area (TPSA) is 12.0 Å². The highest BCUT2D eigenvalue weighted by molar-refractivity contribution is 7.98. The molecule has 1 saturated carbocycles. The molecule has 1 fully saturated rings. The maximum atomic E-state index is 3.58. The van der Waals surface area contributed by atoms with Crippen molar-refractivity contribution in [3.05, 3.63) is 0 Å². The van der Waals surface area contributed by atoms with Gasteiger partial charge in [0.05, 0.1) is 0 Å². The van der Waals surface area contributed by atoms with Gasteiger partial charge in [0.1, 0.15) is 0 Å². The second-order valence-electron chi connectivity index (χ2n) is 3.69. The third kappa shape index (κ3) is 4.02. The van der Waals surface area contributed by atoms with Crippen LogP contribution in [-0.2, 0) is 0 Å². The molecule has 0 heterocycles. The summed E-state index contributed by atoms with van der Waals surface area (Å²) in [6.07, 6.45) is 7.65. The fourth-order valence-corrected chi connectivity index (χ4v) is 1.62. The van der Waals surface area contributed by atoms with Gasteiger partial charge in [0.2, 0.25) is 0 Å². The Bertz CT molecular complexity index is 110. The lowest BCUT2D eigenvalue weighted by Crippen LogP contribution is -2.28. The molecule has 1 aliphatic carbocycles. The van der Waals surface area contributed by atoms with E-state index in [1.807, 2.05) is 11.8 Å². The highest BCUT2D eigenvalue weighted by atomic mass is 32.2. The quantitative estimate of drug-likeness (QED) is 0.618. The van der Waals surface area contributed by atoms with Crippen molar-refractivity contribution >= 4 is 11.8 Å². The summed E-state index contributed by atoms with van der Waals surface area (Å²) in [5, 5.41) is 3.58. The van der Waals surface area contributed by atoms with Crippen LogP contribution in [0.4, 0.5) is 0 Å². The van der Waals surface area contributed by atoms with Crippen molar-refractivity contribution < 1.29 is 0 Å². The molecule has 66 valence electrons. The number of hydrogen-bond donors (Lipinski definition) is 1. The Morgan fingerprint density at radius 3 is 2.64 bits per heavy atom. The van der Waals surface area contributed by atoms with Gasteiger partial charge in [0, 0.05) is 5.54 Å². The van der Waals surface area contributed by atoms with Crippen molar-refractivity contribution in [1.29, 1.82) is 0 Å². The van der Waals surface area contributed by atoms with E-state index in [1.54, 1.807) is 0 Å². The first kappa shape index (κ1) is 9.40. The SMILES string of the molecule is CSCCCCNC1(C)CC1. The van der Waals surface area contributed by atoms with E-state index in [-0.39, 0.29) is 0 Å². The van der Waals surface area contributed by atoms with Crippen LogP contribution in [0.3, 0.4) is 0 Å². The molecule has 1 nitrogen and oxygen atoms in total. The smallest absolute Gasteiger partial charge is 0.0154 e. The van der Waals surface area contributed by atoms with Gasteiger partial charge >= 0.3 is 0 Å². The average molecular weight is 173 g/mol. The molecule has 0 radical (unpaired) electrons. The van der Waals surface area contributed by atoms with Gasteiger partial charge in [0.15, 0.2) is 0 Å². The van der Waals surface area contributed by atoms with Crippen molar-refractivity contribution in [1.82, 2.24) is 5.32 Å². The maximum Gasteiger partial charge on any atom is 0.0154 e. The zero-order valence-corrected chi connectivity index (χ0v) is 8.47. The highest BCUT2D eigenvalue weighted by Crippen LogP contribution is 2.33. The molecule has 0 spiro atoms. The molecule has 0 unspecified atom stereocenters. The van der Waals surface area contributed by atoms with Crippen LogP contribution in [0.2, 0.25) is 0 Å². The van der Waals surface area contributed by atoms with E-state index < -0.39 is 0 Å². The molecule has 0 atom stereocenters. The fourth-order valence-electron chi connectivity index (χ4n) is 1.13. The van der Waals surface area contributed by atoms with Crippen molar-refractivity contribution in [2.24, 2.45) is 0 Å². The van der Waals surface area contributed by atoms with Gasteiger partial charge in [-0.25, -0.2) is 0 Å². The fraction of sp³-hybridized carbons (Fsp3) is 1.00. The van der Waals surface area contributed by atoms with Crippen LogP contribution in [0.25, 0.3) is 0 Å². The molecule has 0 aliphatic heterocycles. The summed E-state index contributed by atoms with van der Waals surface area (Å²) in [5.41, 5.74) is 0.541. The van der Waals surface area contributed by atoms with Gasteiger partial charge in [-0.15, -0.1) is 0 Å². The third-order valence-electron chi connectivity index (χ3n) is 2.33. The van der Waals surface area contributed by atoms with E-state index >= 15 is 0 Å². The van der Waals surface area contributed by atoms with Crippen LogP contribution >= 0.6 is 11.8 Å². The second-order valence-corrected chi connectivity index (χ2v) is 4.67. The molecular weight excluding hydrogens is 154 g/mol. The zero-order valence-electron chi connectivity index (χ0n) is 7.65. The molecular formula is C9H19NS. The van der Waals surface area contributed by atoms with E-state index in [0.717, 1.165) is 0 Å². The van der Waals surface area contributed by atoms with Crippen LogP contribution in [0.5, 0.6) is 0 Å². The predicted molar refractivity (Wildman–Crippen MR) is 53.3 cm³/mol. The van der Waals surface area contributed by atoms with Crippen LogP contribution in [0.15, 0.2) is 0 Å². The summed E-state index contributed by atoms with van der Waals surface area (Å²) in [6.45, 7) is 3.54. The molecule has 11 heavy (non-hydrogen) atoms. The Morgan fingerprint density at radius 2 is 2.09 bits per heavy atom. The molecule has 2 heteroatoms. The Balaban J connectivity index is 1.81. The lowest BCUT2D eigenvalue weighted by molar-refractivity contribution is 0.524. The summed E-state index contributed by atoms with van der Waals surface area (Å²) in [6, 6.07) is 0. The summed E-state index contributed by atoms with van der Waals surface area (Å²) >= 11 is 1.95. The number of rotatable bonds is 6. The minimum atomic E-state index is 0.541. The lowest BCUT2D eigenvalue weighted by atomic mass is 10.3. The summed E-state index contributed by atoms with van der Waals surface area (Å²) in [4.78, 5) is 0. The Morgan fingerprint density at radius 1 is 1.36 bits per heavy atom. The standard InChI is InChI=1S/C9H19NS/c1-9(5-6-9)10-7-3-4-8-11-2/h10H,3-8H2,1-2H3. The van der Waals surface area contributed by atoms with Gasteiger partial charge in [-0.2, -0.15) is 11.8 Å². The summed E-state index contributed by atoms with van der Waals surface area (Å²) in [7, 11) is 0. The van der Waals surface area contributed by atoms with E-state index in [2.05, 4.69) is 18.5 Å². The first-order chi connectivity index (χ1) is 5.27. The van der Waals surface area contributed by atoms with Crippen LogP contribution in [-0.4, -0.2) is 24.1 Å². The average Bonchev–Trinajstić information content (AvgIpc) is 2.69. The van der Waals surface area contributed by atoms with Gasteiger partial charge in [-0.1, -0.05) is 0 Å². The zero-order chi connectivity index (χ0) is 8.16. The van der Waals surface area contributed by atoms with Crippen molar-refractivity contribution in [2.45, 2.75) is 38.1 Å². The summed E-state index contributed by atoms with van der Waals surface area (Å²) in [5.74, 6) is 1.32. The van der Waals surface area contributed by atoms with E-state index in [0.29, 0.717) is 5.54 Å². The number of unbranched alkanes of at least 4 members (excludes halogenated alkanes) is 1. The normalized spacial score (nSPS) is 20.2. The monoisotopic (exact) mass is 173 g/mol. The second kappa shape index (κ2) is 4.36. The molecule has 1 aliphatic rings. The van der Waals surface area contributed by atoms with Crippen LogP contribution in [0.1, 0.15) is 32.6 Å². The maximum absolute atomic E-state index is 3.58. The molecule has 0 aromatic heterocycles. The summed E-state index contributed by atoms with van der Waals surface area (Å²) < 4.78 is 0. The van der Waals surface area contributed by atoms with Gasteiger partial charge in [0.25, 0.3) is 0 Å². The van der Waals surface area contributed by atoms with E-state index in [1.165, 1.54) is 38.0 Å². The molecule has 1 N–H and O–H groups in total. The van der Waals surface area contributed by atoms with Gasteiger partial charge < -0.3 is 5.32 Å². The molecule has 0 aromatic rings. The number of hydrogen-bond acceptors (Lipinski definition) is 2. The Kier molecular flexibility index (Phi) is 3.73. The molecule has 1 rings (SSSR count). The number of thioether (sulfide) groups is 1. The van der Waals surface area contributed by atoms with Gasteiger partial charge in [-0.05, 0) is 51.2 Å². The highest BCUT2D eigenvalue weighted by Gasteiger charge is 2.35. The molecule has 0 bridgehead atoms. The Hall–Kier alpha value is 0.310. The predicted octanol–water partition coefficient (Wildman–Crippen LogP) is 2.27. The minimum Gasteiger partial charge on any atom is -0.312 e. The lowest BCUT2D eigenvalue weighted by Gasteiger charge is -2.09. The Labute approximate surface area is 74.3 Å². The number of nitrogens with one attached hydrogen (secondary N) is 1. The molecule has 0 amide bonds. The van der Waals surface area contributed by atoms with Crippen molar-refractivity contribution in [3.63, 3.8) is 0 Å². The molecule has 0 saturated heterocycles. The van der Waals surface area contributed by atoms with E-state index in [9.17, 15) is 0 Å². The van der Waals surface area contributed by atoms with Crippen LogP contribution in [0, 0.1) is 0 Å². The van der Waals surface area contributed by atoms with E-state index in [4.69, 9.17) is 0 Å². The minimum absolute atomic E-state index is 0.541. The first-order valence-corrected chi connectivity index (χ1v) is 5.90. The van der Waals surface area contributed by atoms with Crippen molar-refractivity contribution in [2.75, 3.05) is 18.6 Å². The largest absolute Gasteiger partial charge is 0.312 e. The third-order valence-corrected chi connectivity index (χ3v) is 3.02. The molecule has 0 aromatic carbocycles. The van der Waals surface area contributed by atoms with Crippen molar-refractivity contribution in [3.8, 4) is 0 Å². The van der Waals surface area contributed by atoms with Gasteiger partial charge in [-0.3, -0.25) is 0 Å². The first-order valence-electron chi connectivity index (χ1n) is 4.51. The van der Waals surface area contributed by atoms with Crippen LogP contribution < -0.4 is 5.32 Å².